The quantitative estimate of drug-likeness (QED) is 0.757. The first-order chi connectivity index (χ1) is 10.1. The predicted molar refractivity (Wildman–Crippen MR) is 79.5 cm³/mol. The first-order valence-electron chi connectivity index (χ1n) is 7.64. The molecule has 0 saturated carbocycles. The van der Waals surface area contributed by atoms with E-state index in [9.17, 15) is 9.59 Å². The minimum absolute atomic E-state index is 0.0348. The van der Waals surface area contributed by atoms with Gasteiger partial charge in [-0.1, -0.05) is 13.8 Å². The van der Waals surface area contributed by atoms with Crippen LogP contribution in [0.4, 0.5) is 0 Å². The predicted octanol–water partition coefficient (Wildman–Crippen LogP) is 0.868. The highest BCUT2D eigenvalue weighted by Gasteiger charge is 2.40. The number of hydrogen-bond acceptors (Lipinski definition) is 4. The molecule has 1 aliphatic rings. The van der Waals surface area contributed by atoms with E-state index in [1.54, 1.807) is 4.68 Å². The monoisotopic (exact) mass is 292 g/mol. The van der Waals surface area contributed by atoms with Gasteiger partial charge in [-0.15, -0.1) is 0 Å². The van der Waals surface area contributed by atoms with Gasteiger partial charge < -0.3 is 5.32 Å². The molecule has 0 radical (unpaired) electrons. The van der Waals surface area contributed by atoms with E-state index in [2.05, 4.69) is 10.4 Å². The number of carbonyl (C=O) groups excluding carboxylic acids is 2. The summed E-state index contributed by atoms with van der Waals surface area (Å²) in [4.78, 5) is 25.8. The Morgan fingerprint density at radius 3 is 2.67 bits per heavy atom. The van der Waals surface area contributed by atoms with Crippen molar-refractivity contribution in [3.05, 3.63) is 18.0 Å². The van der Waals surface area contributed by atoms with Crippen LogP contribution in [0.15, 0.2) is 12.3 Å². The minimum Gasteiger partial charge on any atom is -0.305 e. The fourth-order valence-electron chi connectivity index (χ4n) is 2.82. The number of likely N-dealkylation sites (tertiary alicyclic amines) is 1. The highest BCUT2D eigenvalue weighted by Crippen LogP contribution is 2.20. The third kappa shape index (κ3) is 3.50. The Balaban J connectivity index is 1.87. The zero-order valence-corrected chi connectivity index (χ0v) is 13.0. The van der Waals surface area contributed by atoms with Gasteiger partial charge in [0.2, 0.25) is 11.8 Å². The Kier molecular flexibility index (Phi) is 5.12. The van der Waals surface area contributed by atoms with Gasteiger partial charge in [-0.25, -0.2) is 0 Å². The standard InChI is InChI=1S/C15H24N4O2/c1-4-12(5-2)19-14(20)10-13(15(19)21)16-8-6-11-7-9-18(3)17-11/h7,9,12-13,16H,4-6,8,10H2,1-3H3. The summed E-state index contributed by atoms with van der Waals surface area (Å²) in [5.41, 5.74) is 0.985. The van der Waals surface area contributed by atoms with Crippen LogP contribution < -0.4 is 5.32 Å². The van der Waals surface area contributed by atoms with E-state index in [0.717, 1.165) is 25.0 Å². The van der Waals surface area contributed by atoms with E-state index in [-0.39, 0.29) is 30.3 Å². The van der Waals surface area contributed by atoms with Gasteiger partial charge >= 0.3 is 0 Å². The van der Waals surface area contributed by atoms with Crippen LogP contribution >= 0.6 is 0 Å². The first kappa shape index (κ1) is 15.7. The lowest BCUT2D eigenvalue weighted by atomic mass is 10.1. The largest absolute Gasteiger partial charge is 0.305 e. The van der Waals surface area contributed by atoms with Crippen LogP contribution in [0.3, 0.4) is 0 Å². The summed E-state index contributed by atoms with van der Waals surface area (Å²) in [7, 11) is 1.88. The zero-order chi connectivity index (χ0) is 15.4. The molecule has 2 amide bonds. The lowest BCUT2D eigenvalue weighted by Crippen LogP contribution is -2.44. The molecule has 1 atom stereocenters. The number of imide groups is 1. The lowest BCUT2D eigenvalue weighted by molar-refractivity contribution is -0.141. The van der Waals surface area contributed by atoms with E-state index in [1.807, 2.05) is 33.2 Å². The SMILES string of the molecule is CCC(CC)N1C(=O)CC(NCCc2ccn(C)n2)C1=O. The van der Waals surface area contributed by atoms with E-state index in [1.165, 1.54) is 4.90 Å². The molecule has 1 saturated heterocycles. The van der Waals surface area contributed by atoms with Gasteiger partial charge in [0, 0.05) is 32.3 Å². The normalized spacial score (nSPS) is 19.0. The zero-order valence-electron chi connectivity index (χ0n) is 13.0. The molecular weight excluding hydrogens is 268 g/mol. The smallest absolute Gasteiger partial charge is 0.247 e. The van der Waals surface area contributed by atoms with E-state index in [0.29, 0.717) is 6.54 Å². The summed E-state index contributed by atoms with van der Waals surface area (Å²) in [5, 5.41) is 7.48. The number of aryl methyl sites for hydroxylation is 1. The summed E-state index contributed by atoms with van der Waals surface area (Å²) >= 11 is 0. The van der Waals surface area contributed by atoms with Crippen molar-refractivity contribution < 1.29 is 9.59 Å². The average Bonchev–Trinajstić information content (AvgIpc) is 2.98. The second-order valence-electron chi connectivity index (χ2n) is 5.51. The van der Waals surface area contributed by atoms with Crippen molar-refractivity contribution in [2.45, 2.75) is 51.6 Å². The lowest BCUT2D eigenvalue weighted by Gasteiger charge is -2.24. The maximum atomic E-state index is 12.3. The summed E-state index contributed by atoms with van der Waals surface area (Å²) in [6.07, 6.45) is 4.55. The molecule has 1 aromatic rings. The van der Waals surface area contributed by atoms with Crippen LogP contribution in [0.25, 0.3) is 0 Å². The van der Waals surface area contributed by atoms with Crippen molar-refractivity contribution in [2.75, 3.05) is 6.54 Å². The molecule has 1 aromatic heterocycles. The molecule has 21 heavy (non-hydrogen) atoms. The summed E-state index contributed by atoms with van der Waals surface area (Å²) in [5.74, 6) is -0.126. The number of rotatable bonds is 7. The van der Waals surface area contributed by atoms with Crippen molar-refractivity contribution in [3.8, 4) is 0 Å². The number of hydrogen-bond donors (Lipinski definition) is 1. The Labute approximate surface area is 125 Å². The molecule has 0 aliphatic carbocycles. The Morgan fingerprint density at radius 2 is 2.10 bits per heavy atom. The highest BCUT2D eigenvalue weighted by atomic mass is 16.2. The Bertz CT molecular complexity index is 508. The number of carbonyl (C=O) groups is 2. The topological polar surface area (TPSA) is 67.2 Å². The number of nitrogens with one attached hydrogen (secondary N) is 1. The second-order valence-corrected chi connectivity index (χ2v) is 5.51. The second kappa shape index (κ2) is 6.85. The van der Waals surface area contributed by atoms with Crippen LogP contribution in [0.2, 0.25) is 0 Å². The average molecular weight is 292 g/mol. The number of nitrogens with zero attached hydrogens (tertiary/aromatic N) is 3. The third-order valence-electron chi connectivity index (χ3n) is 4.03. The van der Waals surface area contributed by atoms with Gasteiger partial charge in [-0.3, -0.25) is 19.2 Å². The van der Waals surface area contributed by atoms with Crippen LogP contribution in [0.5, 0.6) is 0 Å². The minimum atomic E-state index is -0.373. The first-order valence-corrected chi connectivity index (χ1v) is 7.64. The molecule has 6 nitrogen and oxygen atoms in total. The molecule has 2 rings (SSSR count). The van der Waals surface area contributed by atoms with Gasteiger partial charge in [0.1, 0.15) is 0 Å². The van der Waals surface area contributed by atoms with Gasteiger partial charge in [0.15, 0.2) is 0 Å². The van der Waals surface area contributed by atoms with Crippen molar-refractivity contribution in [1.82, 2.24) is 20.0 Å². The van der Waals surface area contributed by atoms with Gasteiger partial charge in [0.25, 0.3) is 0 Å². The highest BCUT2D eigenvalue weighted by molar-refractivity contribution is 6.05. The van der Waals surface area contributed by atoms with Crippen LogP contribution in [-0.2, 0) is 23.1 Å². The van der Waals surface area contributed by atoms with Gasteiger partial charge in [-0.05, 0) is 18.9 Å². The summed E-state index contributed by atoms with van der Waals surface area (Å²) in [6, 6.07) is 1.62. The molecule has 1 unspecified atom stereocenters. The number of aromatic nitrogens is 2. The Hall–Kier alpha value is -1.69. The molecule has 0 aromatic carbocycles. The van der Waals surface area contributed by atoms with Crippen molar-refractivity contribution in [2.24, 2.45) is 7.05 Å². The maximum Gasteiger partial charge on any atom is 0.247 e. The molecule has 6 heteroatoms. The molecular formula is C15H24N4O2. The van der Waals surface area contributed by atoms with E-state index < -0.39 is 0 Å². The molecule has 2 heterocycles. The van der Waals surface area contributed by atoms with Crippen molar-refractivity contribution >= 4 is 11.8 Å². The molecule has 0 spiro atoms. The summed E-state index contributed by atoms with van der Waals surface area (Å²) in [6.45, 7) is 4.67. The fraction of sp³-hybridized carbons (Fsp3) is 0.667. The third-order valence-corrected chi connectivity index (χ3v) is 4.03. The molecule has 1 aliphatic heterocycles. The van der Waals surface area contributed by atoms with Gasteiger partial charge in [0.05, 0.1) is 18.2 Å². The molecule has 1 fully saturated rings. The van der Waals surface area contributed by atoms with Crippen molar-refractivity contribution in [1.29, 1.82) is 0 Å². The molecule has 1 N–H and O–H groups in total. The Morgan fingerprint density at radius 1 is 1.38 bits per heavy atom. The fourth-order valence-corrected chi connectivity index (χ4v) is 2.82. The summed E-state index contributed by atoms with van der Waals surface area (Å²) < 4.78 is 1.76. The van der Waals surface area contributed by atoms with E-state index in [4.69, 9.17) is 0 Å². The van der Waals surface area contributed by atoms with Crippen molar-refractivity contribution in [3.63, 3.8) is 0 Å². The van der Waals surface area contributed by atoms with Crippen LogP contribution in [0, 0.1) is 0 Å². The maximum absolute atomic E-state index is 12.3. The van der Waals surface area contributed by atoms with Crippen LogP contribution in [0.1, 0.15) is 38.8 Å². The van der Waals surface area contributed by atoms with Crippen LogP contribution in [-0.4, -0.2) is 45.1 Å². The van der Waals surface area contributed by atoms with E-state index >= 15 is 0 Å². The molecule has 0 bridgehead atoms. The molecule has 116 valence electrons. The van der Waals surface area contributed by atoms with Gasteiger partial charge in [-0.2, -0.15) is 5.10 Å². The number of amides is 2.